The molecule has 0 radical (unpaired) electrons. The molecular weight excluding hydrogens is 539 g/mol. The molecule has 1 saturated heterocycles. The van der Waals surface area contributed by atoms with Crippen molar-refractivity contribution in [3.8, 4) is 17.2 Å². The highest BCUT2D eigenvalue weighted by atomic mass is 32.2. The summed E-state index contributed by atoms with van der Waals surface area (Å²) >= 11 is 0. The van der Waals surface area contributed by atoms with Crippen molar-refractivity contribution < 1.29 is 44.8 Å². The number of aryl methyl sites for hydroxylation is 1. The minimum absolute atomic E-state index is 0.0457. The fraction of sp³-hybridized carbons (Fsp3) is 0.296. The Morgan fingerprint density at radius 3 is 2.05 bits per heavy atom. The SMILES string of the molecule is COc1cccc(OC)c1[C@@H]1C[C@H](OS(=O)(=O)c2ccc(C)cc2)C(=O)N1Cc1ccc(OC(F)(F)F)cc1. The first-order valence-electron chi connectivity index (χ1n) is 11.8. The Morgan fingerprint density at radius 1 is 0.923 bits per heavy atom. The van der Waals surface area contributed by atoms with Crippen molar-refractivity contribution in [2.24, 2.45) is 0 Å². The number of benzene rings is 3. The Hall–Kier alpha value is -3.77. The minimum Gasteiger partial charge on any atom is -0.496 e. The number of amides is 1. The van der Waals surface area contributed by atoms with Crippen LogP contribution in [0.5, 0.6) is 17.2 Å². The molecule has 0 aliphatic carbocycles. The fourth-order valence-electron chi connectivity index (χ4n) is 4.43. The van der Waals surface area contributed by atoms with Crippen molar-refractivity contribution in [1.29, 1.82) is 0 Å². The van der Waals surface area contributed by atoms with Crippen LogP contribution in [0.4, 0.5) is 13.2 Å². The van der Waals surface area contributed by atoms with Crippen LogP contribution in [0.15, 0.2) is 71.6 Å². The van der Waals surface area contributed by atoms with E-state index in [1.807, 2.05) is 6.92 Å². The number of nitrogens with zero attached hydrogens (tertiary/aromatic N) is 1. The molecule has 3 aromatic rings. The largest absolute Gasteiger partial charge is 0.573 e. The van der Waals surface area contributed by atoms with Gasteiger partial charge in [0.25, 0.3) is 16.0 Å². The lowest BCUT2D eigenvalue weighted by atomic mass is 10.0. The number of alkyl halides is 3. The van der Waals surface area contributed by atoms with Crippen LogP contribution in [-0.4, -0.2) is 45.9 Å². The van der Waals surface area contributed by atoms with Gasteiger partial charge in [0, 0.05) is 13.0 Å². The van der Waals surface area contributed by atoms with E-state index in [9.17, 15) is 26.4 Å². The zero-order valence-electron chi connectivity index (χ0n) is 21.3. The normalized spacial score (nSPS) is 17.8. The summed E-state index contributed by atoms with van der Waals surface area (Å²) in [4.78, 5) is 14.9. The number of carbonyl (C=O) groups excluding carboxylic acids is 1. The van der Waals surface area contributed by atoms with Gasteiger partial charge >= 0.3 is 6.36 Å². The molecule has 8 nitrogen and oxygen atoms in total. The lowest BCUT2D eigenvalue weighted by Crippen LogP contribution is -2.33. The van der Waals surface area contributed by atoms with E-state index in [2.05, 4.69) is 4.74 Å². The van der Waals surface area contributed by atoms with Gasteiger partial charge in [0.15, 0.2) is 6.10 Å². The molecule has 1 aliphatic rings. The van der Waals surface area contributed by atoms with Crippen molar-refractivity contribution in [2.75, 3.05) is 14.2 Å². The Labute approximate surface area is 224 Å². The van der Waals surface area contributed by atoms with Gasteiger partial charge in [0.1, 0.15) is 17.2 Å². The van der Waals surface area contributed by atoms with Crippen LogP contribution in [0.25, 0.3) is 0 Å². The highest BCUT2D eigenvalue weighted by Gasteiger charge is 2.45. The van der Waals surface area contributed by atoms with E-state index in [0.29, 0.717) is 22.6 Å². The number of methoxy groups -OCH3 is 2. The van der Waals surface area contributed by atoms with E-state index < -0.39 is 40.3 Å². The number of halogens is 3. The molecule has 0 bridgehead atoms. The van der Waals surface area contributed by atoms with E-state index in [1.165, 1.54) is 43.4 Å². The molecular formula is C27H26F3NO7S. The fourth-order valence-corrected chi connectivity index (χ4v) is 5.47. The molecule has 2 atom stereocenters. The minimum atomic E-state index is -4.84. The molecule has 4 rings (SSSR count). The number of carbonyl (C=O) groups is 1. The van der Waals surface area contributed by atoms with Crippen molar-refractivity contribution in [3.05, 3.63) is 83.4 Å². The van der Waals surface area contributed by atoms with E-state index in [-0.39, 0.29) is 17.9 Å². The molecule has 0 N–H and O–H groups in total. The third-order valence-electron chi connectivity index (χ3n) is 6.23. The van der Waals surface area contributed by atoms with Crippen LogP contribution in [0, 0.1) is 6.92 Å². The summed E-state index contributed by atoms with van der Waals surface area (Å²) < 4.78 is 84.1. The molecule has 1 fully saturated rings. The second-order valence-electron chi connectivity index (χ2n) is 8.84. The van der Waals surface area contributed by atoms with Crippen LogP contribution in [0.2, 0.25) is 0 Å². The molecule has 39 heavy (non-hydrogen) atoms. The van der Waals surface area contributed by atoms with Crippen molar-refractivity contribution in [3.63, 3.8) is 0 Å². The maximum atomic E-state index is 13.6. The van der Waals surface area contributed by atoms with Crippen molar-refractivity contribution in [2.45, 2.75) is 43.3 Å². The highest BCUT2D eigenvalue weighted by molar-refractivity contribution is 7.86. The number of likely N-dealkylation sites (tertiary alicyclic amines) is 1. The van der Waals surface area contributed by atoms with Crippen molar-refractivity contribution >= 4 is 16.0 Å². The van der Waals surface area contributed by atoms with Gasteiger partial charge in [0.2, 0.25) is 0 Å². The van der Waals surface area contributed by atoms with Crippen LogP contribution in [0.1, 0.15) is 29.2 Å². The average Bonchev–Trinajstić information content (AvgIpc) is 3.17. The standard InChI is InChI=1S/C27H26F3NO7S/c1-17-7-13-20(14-8-17)39(33,34)38-24-15-21(25-22(35-2)5-4-6-23(25)36-3)31(26(24)32)16-18-9-11-19(12-10-18)37-27(28,29)30/h4-14,21,24H,15-16H2,1-3H3/t21-,24-/m0/s1. The number of ether oxygens (including phenoxy) is 3. The van der Waals surface area contributed by atoms with Crippen molar-refractivity contribution in [1.82, 2.24) is 4.90 Å². The number of rotatable bonds is 9. The first kappa shape index (κ1) is 28.2. The second-order valence-corrected chi connectivity index (χ2v) is 10.4. The van der Waals surface area contributed by atoms with E-state index >= 15 is 0 Å². The molecule has 1 aliphatic heterocycles. The molecule has 0 saturated carbocycles. The Morgan fingerprint density at radius 2 is 1.51 bits per heavy atom. The quantitative estimate of drug-likeness (QED) is 0.331. The van der Waals surface area contributed by atoms with E-state index in [4.69, 9.17) is 13.7 Å². The molecule has 208 valence electrons. The zero-order valence-corrected chi connectivity index (χ0v) is 22.1. The van der Waals surface area contributed by atoms with Gasteiger partial charge in [-0.1, -0.05) is 35.9 Å². The van der Waals surface area contributed by atoms with Gasteiger partial charge in [0.05, 0.1) is 30.7 Å². The summed E-state index contributed by atoms with van der Waals surface area (Å²) in [5.41, 5.74) is 1.84. The predicted molar refractivity (Wildman–Crippen MR) is 134 cm³/mol. The van der Waals surface area contributed by atoms with E-state index in [1.54, 1.807) is 30.3 Å². The summed E-state index contributed by atoms with van der Waals surface area (Å²) in [6.07, 6.45) is -6.25. The molecule has 1 amide bonds. The lowest BCUT2D eigenvalue weighted by Gasteiger charge is -2.27. The van der Waals surface area contributed by atoms with Crippen LogP contribution >= 0.6 is 0 Å². The second kappa shape index (κ2) is 11.1. The third-order valence-corrected chi connectivity index (χ3v) is 7.57. The van der Waals surface area contributed by atoms with Gasteiger partial charge < -0.3 is 19.1 Å². The maximum absolute atomic E-state index is 13.6. The van der Waals surface area contributed by atoms with Gasteiger partial charge in [-0.3, -0.25) is 8.98 Å². The van der Waals surface area contributed by atoms with Crippen LogP contribution in [-0.2, 0) is 25.6 Å². The number of hydrogen-bond acceptors (Lipinski definition) is 7. The summed E-state index contributed by atoms with van der Waals surface area (Å²) in [5.74, 6) is -0.201. The molecule has 12 heteroatoms. The Bertz CT molecular complexity index is 1400. The smallest absolute Gasteiger partial charge is 0.496 e. The van der Waals surface area contributed by atoms with Gasteiger partial charge in [-0.2, -0.15) is 8.42 Å². The monoisotopic (exact) mass is 565 g/mol. The summed E-state index contributed by atoms with van der Waals surface area (Å²) in [6, 6.07) is 15.4. The number of hydrogen-bond donors (Lipinski definition) is 0. The maximum Gasteiger partial charge on any atom is 0.573 e. The van der Waals surface area contributed by atoms with Gasteiger partial charge in [-0.05, 0) is 48.9 Å². The Balaban J connectivity index is 1.68. The van der Waals surface area contributed by atoms with Gasteiger partial charge in [-0.15, -0.1) is 13.2 Å². The zero-order chi connectivity index (χ0) is 28.4. The average molecular weight is 566 g/mol. The molecule has 1 heterocycles. The predicted octanol–water partition coefficient (Wildman–Crippen LogP) is 5.16. The van der Waals surface area contributed by atoms with Crippen LogP contribution in [0.3, 0.4) is 0 Å². The van der Waals surface area contributed by atoms with E-state index in [0.717, 1.165) is 17.7 Å². The third kappa shape index (κ3) is 6.45. The molecule has 0 unspecified atom stereocenters. The Kier molecular flexibility index (Phi) is 8.07. The summed E-state index contributed by atoms with van der Waals surface area (Å²) in [6.45, 7) is 1.75. The first-order chi connectivity index (χ1) is 18.4. The summed E-state index contributed by atoms with van der Waals surface area (Å²) in [7, 11) is -1.38. The molecule has 0 aromatic heterocycles. The molecule has 0 spiro atoms. The lowest BCUT2D eigenvalue weighted by molar-refractivity contribution is -0.274. The van der Waals surface area contributed by atoms with Crippen LogP contribution < -0.4 is 14.2 Å². The highest BCUT2D eigenvalue weighted by Crippen LogP contribution is 2.44. The molecule has 3 aromatic carbocycles. The van der Waals surface area contributed by atoms with Gasteiger partial charge in [-0.25, -0.2) is 0 Å². The first-order valence-corrected chi connectivity index (χ1v) is 13.2. The summed E-state index contributed by atoms with van der Waals surface area (Å²) in [5, 5.41) is 0. The topological polar surface area (TPSA) is 91.4 Å².